The first-order valence-electron chi connectivity index (χ1n) is 9.75. The molecule has 0 spiro atoms. The molecule has 1 atom stereocenters. The van der Waals surface area contributed by atoms with Crippen molar-refractivity contribution >= 4 is 17.5 Å². The fraction of sp³-hybridized carbons (Fsp3) is 0.333. The van der Waals surface area contributed by atoms with Crippen LogP contribution in [0.1, 0.15) is 29.6 Å². The molecule has 2 aromatic heterocycles. The van der Waals surface area contributed by atoms with E-state index in [2.05, 4.69) is 15.6 Å². The molecule has 3 aromatic rings. The zero-order valence-electron chi connectivity index (χ0n) is 17.1. The number of nitrogens with zero attached hydrogens (tertiary/aromatic N) is 4. The standard InChI is InChI=1S/C21H23N5O4/c1-4-25-12-17(13(2)23-25)18-10-19(30-24-18)21(28)22-14-8-20(27)26(11-14)15-6-5-7-16(9-15)29-3/h5-7,9-10,12,14H,4,8,11H2,1-3H3,(H,22,28)/t14-/m1/s1. The maximum atomic E-state index is 12.6. The van der Waals surface area contributed by atoms with Gasteiger partial charge in [-0.1, -0.05) is 11.2 Å². The maximum absolute atomic E-state index is 12.6. The first-order chi connectivity index (χ1) is 14.5. The van der Waals surface area contributed by atoms with Crippen molar-refractivity contribution in [3.05, 3.63) is 48.0 Å². The Kier molecular flexibility index (Phi) is 5.26. The summed E-state index contributed by atoms with van der Waals surface area (Å²) in [6, 6.07) is 8.54. The van der Waals surface area contributed by atoms with Gasteiger partial charge in [0.05, 0.1) is 18.8 Å². The Morgan fingerprint density at radius 3 is 2.93 bits per heavy atom. The predicted octanol–water partition coefficient (Wildman–Crippen LogP) is 2.41. The van der Waals surface area contributed by atoms with Gasteiger partial charge in [-0.2, -0.15) is 5.10 Å². The van der Waals surface area contributed by atoms with E-state index in [9.17, 15) is 9.59 Å². The summed E-state index contributed by atoms with van der Waals surface area (Å²) >= 11 is 0. The number of aryl methyl sites for hydroxylation is 2. The summed E-state index contributed by atoms with van der Waals surface area (Å²) in [5.41, 5.74) is 2.92. The van der Waals surface area contributed by atoms with E-state index in [1.807, 2.05) is 38.2 Å². The second-order valence-electron chi connectivity index (χ2n) is 7.14. The molecular weight excluding hydrogens is 386 g/mol. The van der Waals surface area contributed by atoms with Crippen molar-refractivity contribution in [3.63, 3.8) is 0 Å². The third-order valence-electron chi connectivity index (χ3n) is 5.11. The second-order valence-corrected chi connectivity index (χ2v) is 7.14. The highest BCUT2D eigenvalue weighted by Crippen LogP contribution is 2.26. The number of rotatable bonds is 6. The molecule has 0 unspecified atom stereocenters. The Balaban J connectivity index is 1.44. The molecule has 3 heterocycles. The fourth-order valence-corrected chi connectivity index (χ4v) is 3.53. The third kappa shape index (κ3) is 3.78. The van der Waals surface area contributed by atoms with Crippen molar-refractivity contribution < 1.29 is 18.8 Å². The van der Waals surface area contributed by atoms with Crippen LogP contribution in [-0.4, -0.2) is 46.4 Å². The van der Waals surface area contributed by atoms with Gasteiger partial charge in [0.1, 0.15) is 11.4 Å². The van der Waals surface area contributed by atoms with Gasteiger partial charge in [-0.3, -0.25) is 14.3 Å². The summed E-state index contributed by atoms with van der Waals surface area (Å²) in [6.45, 7) is 5.00. The average molecular weight is 409 g/mol. The third-order valence-corrected chi connectivity index (χ3v) is 5.11. The Hall–Kier alpha value is -3.62. The number of aromatic nitrogens is 3. The van der Waals surface area contributed by atoms with Gasteiger partial charge < -0.3 is 19.5 Å². The Bertz CT molecular complexity index is 1090. The first-order valence-corrected chi connectivity index (χ1v) is 9.75. The number of benzene rings is 1. The van der Waals surface area contributed by atoms with E-state index in [0.717, 1.165) is 23.5 Å². The van der Waals surface area contributed by atoms with E-state index in [-0.39, 0.29) is 24.1 Å². The highest BCUT2D eigenvalue weighted by Gasteiger charge is 2.32. The van der Waals surface area contributed by atoms with Gasteiger partial charge in [0, 0.05) is 49.1 Å². The van der Waals surface area contributed by atoms with Gasteiger partial charge in [-0.15, -0.1) is 0 Å². The van der Waals surface area contributed by atoms with Crippen LogP contribution in [0.15, 0.2) is 41.1 Å². The Labute approximate surface area is 173 Å². The predicted molar refractivity (Wildman–Crippen MR) is 109 cm³/mol. The lowest BCUT2D eigenvalue weighted by Gasteiger charge is -2.17. The van der Waals surface area contributed by atoms with Gasteiger partial charge in [0.15, 0.2) is 0 Å². The van der Waals surface area contributed by atoms with E-state index < -0.39 is 5.91 Å². The smallest absolute Gasteiger partial charge is 0.290 e. The molecule has 1 N–H and O–H groups in total. The summed E-state index contributed by atoms with van der Waals surface area (Å²) in [5, 5.41) is 11.3. The summed E-state index contributed by atoms with van der Waals surface area (Å²) in [4.78, 5) is 26.7. The molecule has 30 heavy (non-hydrogen) atoms. The fourth-order valence-electron chi connectivity index (χ4n) is 3.53. The van der Waals surface area contributed by atoms with Crippen LogP contribution >= 0.6 is 0 Å². The van der Waals surface area contributed by atoms with Gasteiger partial charge in [-0.25, -0.2) is 0 Å². The van der Waals surface area contributed by atoms with Crippen molar-refractivity contribution in [1.82, 2.24) is 20.3 Å². The number of nitrogens with one attached hydrogen (secondary N) is 1. The summed E-state index contributed by atoms with van der Waals surface area (Å²) in [7, 11) is 1.58. The summed E-state index contributed by atoms with van der Waals surface area (Å²) < 4.78 is 12.3. The summed E-state index contributed by atoms with van der Waals surface area (Å²) in [6.07, 6.45) is 2.09. The number of ether oxygens (including phenoxy) is 1. The molecule has 1 aromatic carbocycles. The molecule has 9 nitrogen and oxygen atoms in total. The maximum Gasteiger partial charge on any atom is 0.290 e. The van der Waals surface area contributed by atoms with Crippen molar-refractivity contribution in [2.45, 2.75) is 32.9 Å². The number of hydrogen-bond acceptors (Lipinski definition) is 6. The molecule has 156 valence electrons. The second kappa shape index (κ2) is 8.02. The van der Waals surface area contributed by atoms with Crippen molar-refractivity contribution in [2.75, 3.05) is 18.6 Å². The lowest BCUT2D eigenvalue weighted by Crippen LogP contribution is -2.37. The number of amides is 2. The Morgan fingerprint density at radius 1 is 1.37 bits per heavy atom. The number of hydrogen-bond donors (Lipinski definition) is 1. The zero-order chi connectivity index (χ0) is 21.3. The lowest BCUT2D eigenvalue weighted by molar-refractivity contribution is -0.117. The largest absolute Gasteiger partial charge is 0.497 e. The molecule has 1 fully saturated rings. The first kappa shape index (κ1) is 19.7. The van der Waals surface area contributed by atoms with E-state index in [1.54, 1.807) is 28.8 Å². The van der Waals surface area contributed by atoms with Crippen LogP contribution in [0, 0.1) is 6.92 Å². The molecule has 1 saturated heterocycles. The van der Waals surface area contributed by atoms with Crippen LogP contribution in [0.4, 0.5) is 5.69 Å². The van der Waals surface area contributed by atoms with E-state index in [4.69, 9.17) is 9.26 Å². The van der Waals surface area contributed by atoms with Crippen LogP contribution in [0.25, 0.3) is 11.3 Å². The number of anilines is 1. The van der Waals surface area contributed by atoms with Crippen LogP contribution < -0.4 is 15.0 Å². The number of carbonyl (C=O) groups excluding carboxylic acids is 2. The highest BCUT2D eigenvalue weighted by atomic mass is 16.5. The number of carbonyl (C=O) groups is 2. The highest BCUT2D eigenvalue weighted by molar-refractivity contribution is 5.98. The van der Waals surface area contributed by atoms with Gasteiger partial charge >= 0.3 is 0 Å². The van der Waals surface area contributed by atoms with E-state index >= 15 is 0 Å². The SMILES string of the molecule is CCn1cc(-c2cc(C(=O)N[C@@H]3CC(=O)N(c4cccc(OC)c4)C3)on2)c(C)n1. The van der Waals surface area contributed by atoms with E-state index in [1.165, 1.54) is 0 Å². The van der Waals surface area contributed by atoms with Crippen molar-refractivity contribution in [1.29, 1.82) is 0 Å². The molecule has 0 bridgehead atoms. The average Bonchev–Trinajstić information content (AvgIpc) is 3.46. The monoisotopic (exact) mass is 409 g/mol. The van der Waals surface area contributed by atoms with Crippen LogP contribution in [0.2, 0.25) is 0 Å². The van der Waals surface area contributed by atoms with Crippen molar-refractivity contribution in [3.8, 4) is 17.0 Å². The van der Waals surface area contributed by atoms with Crippen LogP contribution in [-0.2, 0) is 11.3 Å². The quantitative estimate of drug-likeness (QED) is 0.671. The summed E-state index contributed by atoms with van der Waals surface area (Å²) in [5.74, 6) is 0.304. The van der Waals surface area contributed by atoms with Crippen LogP contribution in [0.3, 0.4) is 0 Å². The molecule has 0 aliphatic carbocycles. The minimum atomic E-state index is -0.403. The molecular formula is C21H23N5O4. The van der Waals surface area contributed by atoms with Crippen LogP contribution in [0.5, 0.6) is 5.75 Å². The molecule has 9 heteroatoms. The molecule has 4 rings (SSSR count). The van der Waals surface area contributed by atoms with Gasteiger partial charge in [0.2, 0.25) is 11.7 Å². The minimum absolute atomic E-state index is 0.0607. The zero-order valence-corrected chi connectivity index (χ0v) is 17.1. The van der Waals surface area contributed by atoms with Crippen molar-refractivity contribution in [2.24, 2.45) is 0 Å². The minimum Gasteiger partial charge on any atom is -0.497 e. The topological polar surface area (TPSA) is 102 Å². The van der Waals surface area contributed by atoms with E-state index in [0.29, 0.717) is 18.0 Å². The van der Waals surface area contributed by atoms with Gasteiger partial charge in [-0.05, 0) is 26.0 Å². The molecule has 0 saturated carbocycles. The molecule has 1 aliphatic heterocycles. The normalized spacial score (nSPS) is 16.2. The number of methoxy groups -OCH3 is 1. The lowest BCUT2D eigenvalue weighted by atomic mass is 10.2. The molecule has 1 aliphatic rings. The Morgan fingerprint density at radius 2 is 2.20 bits per heavy atom. The molecule has 2 amide bonds. The molecule has 0 radical (unpaired) electrons. The van der Waals surface area contributed by atoms with Gasteiger partial charge in [0.25, 0.3) is 5.91 Å².